The summed E-state index contributed by atoms with van der Waals surface area (Å²) in [6.07, 6.45) is 7.81. The molecule has 0 radical (unpaired) electrons. The van der Waals surface area contributed by atoms with Gasteiger partial charge >= 0.3 is 0 Å². The van der Waals surface area contributed by atoms with Gasteiger partial charge in [-0.3, -0.25) is 9.67 Å². The van der Waals surface area contributed by atoms with Crippen LogP contribution in [0.4, 0.5) is 8.78 Å². The third-order valence-corrected chi connectivity index (χ3v) is 7.00. The maximum Gasteiger partial charge on any atom is 0.140 e. The van der Waals surface area contributed by atoms with E-state index >= 15 is 0 Å². The summed E-state index contributed by atoms with van der Waals surface area (Å²) in [7, 11) is 1.57. The quantitative estimate of drug-likeness (QED) is 0.350. The third-order valence-electron chi connectivity index (χ3n) is 7.00. The number of hydrogen-bond donors (Lipinski definition) is 0. The number of hydrogen-bond acceptors (Lipinski definition) is 5. The van der Waals surface area contributed by atoms with Crippen molar-refractivity contribution >= 4 is 10.9 Å². The van der Waals surface area contributed by atoms with Crippen LogP contribution in [0, 0.1) is 18.6 Å². The molecule has 0 bridgehead atoms. The molecule has 1 aliphatic carbocycles. The summed E-state index contributed by atoms with van der Waals surface area (Å²) in [5, 5.41) is 5.18. The first-order valence-corrected chi connectivity index (χ1v) is 12.0. The summed E-state index contributed by atoms with van der Waals surface area (Å²) < 4.78 is 42.1. The van der Waals surface area contributed by atoms with Crippen LogP contribution in [0.25, 0.3) is 22.2 Å². The van der Waals surface area contributed by atoms with Crippen molar-refractivity contribution in [2.24, 2.45) is 0 Å². The zero-order valence-electron chi connectivity index (χ0n) is 19.7. The predicted octanol–water partition coefficient (Wildman–Crippen LogP) is 6.06. The first-order chi connectivity index (χ1) is 17.0. The van der Waals surface area contributed by atoms with E-state index in [1.807, 2.05) is 29.9 Å². The van der Waals surface area contributed by atoms with Gasteiger partial charge in [0.25, 0.3) is 0 Å². The monoisotopic (exact) mass is 476 g/mol. The van der Waals surface area contributed by atoms with Crippen molar-refractivity contribution in [3.63, 3.8) is 0 Å². The number of aryl methyl sites for hydroxylation is 1. The highest BCUT2D eigenvalue weighted by molar-refractivity contribution is 5.94. The smallest absolute Gasteiger partial charge is 0.140 e. The van der Waals surface area contributed by atoms with Crippen LogP contribution < -0.4 is 4.74 Å². The highest BCUT2D eigenvalue weighted by Gasteiger charge is 2.30. The molecule has 2 fully saturated rings. The van der Waals surface area contributed by atoms with Gasteiger partial charge in [-0.1, -0.05) is 0 Å². The fourth-order valence-corrected chi connectivity index (χ4v) is 4.93. The Labute approximate surface area is 201 Å². The molecule has 4 aromatic rings. The second-order valence-electron chi connectivity index (χ2n) is 9.43. The van der Waals surface area contributed by atoms with E-state index in [4.69, 9.17) is 19.4 Å². The van der Waals surface area contributed by atoms with E-state index in [1.165, 1.54) is 25.0 Å². The average Bonchev–Trinajstić information content (AvgIpc) is 3.59. The maximum absolute atomic E-state index is 14.9. The van der Waals surface area contributed by atoms with Crippen LogP contribution in [0.3, 0.4) is 0 Å². The van der Waals surface area contributed by atoms with Crippen LogP contribution in [0.5, 0.6) is 5.75 Å². The highest BCUT2D eigenvalue weighted by atomic mass is 19.1. The van der Waals surface area contributed by atoms with E-state index in [0.29, 0.717) is 35.0 Å². The lowest BCUT2D eigenvalue weighted by atomic mass is 9.89. The van der Waals surface area contributed by atoms with E-state index < -0.39 is 11.6 Å². The lowest BCUT2D eigenvalue weighted by molar-refractivity contribution is 0.00463. The van der Waals surface area contributed by atoms with Gasteiger partial charge in [-0.25, -0.2) is 13.8 Å². The fourth-order valence-electron chi connectivity index (χ4n) is 4.93. The molecule has 0 amide bonds. The van der Waals surface area contributed by atoms with Crippen LogP contribution in [0.2, 0.25) is 0 Å². The van der Waals surface area contributed by atoms with Crippen molar-refractivity contribution in [1.82, 2.24) is 19.7 Å². The average molecular weight is 477 g/mol. The van der Waals surface area contributed by atoms with Crippen molar-refractivity contribution in [2.75, 3.05) is 13.7 Å². The number of ether oxygens (including phenoxy) is 2. The topological polar surface area (TPSA) is 62.1 Å². The number of rotatable bonds is 5. The number of methoxy groups -OCH3 is 1. The Morgan fingerprint density at radius 1 is 1.09 bits per heavy atom. The minimum absolute atomic E-state index is 0.0738. The van der Waals surface area contributed by atoms with E-state index in [0.717, 1.165) is 35.9 Å². The van der Waals surface area contributed by atoms with Crippen molar-refractivity contribution in [1.29, 1.82) is 0 Å². The lowest BCUT2D eigenvalue weighted by Crippen LogP contribution is -2.19. The number of nitrogens with zero attached hydrogens (tertiary/aromatic N) is 4. The highest BCUT2D eigenvalue weighted by Crippen LogP contribution is 2.41. The van der Waals surface area contributed by atoms with Crippen LogP contribution in [-0.4, -0.2) is 33.5 Å². The second-order valence-corrected chi connectivity index (χ2v) is 9.43. The minimum Gasteiger partial charge on any atom is -0.495 e. The summed E-state index contributed by atoms with van der Waals surface area (Å²) in [5.41, 5.74) is 4.02. The molecule has 2 atom stereocenters. The molecule has 35 heavy (non-hydrogen) atoms. The Balaban J connectivity index is 1.42. The molecule has 1 saturated heterocycles. The summed E-state index contributed by atoms with van der Waals surface area (Å²) in [6.45, 7) is 2.47. The van der Waals surface area contributed by atoms with Crippen molar-refractivity contribution in [3.8, 4) is 17.0 Å². The number of halogens is 2. The number of aromatic nitrogens is 4. The Kier molecular flexibility index (Phi) is 5.48. The molecule has 4 heterocycles. The molecule has 1 aliphatic heterocycles. The van der Waals surface area contributed by atoms with Gasteiger partial charge < -0.3 is 9.47 Å². The first-order valence-electron chi connectivity index (χ1n) is 12.0. The SMILES string of the molecule is COc1cc2c(-c3ccc(F)cc3F)nc([C@H]3CCO[C@@H](c4cnn(C5CC5)c4)C3)cc2nc1C. The number of pyridine rings is 2. The summed E-state index contributed by atoms with van der Waals surface area (Å²) in [4.78, 5) is 9.66. The minimum atomic E-state index is -0.659. The first kappa shape index (κ1) is 22.1. The number of benzene rings is 1. The molecule has 180 valence electrons. The molecule has 0 spiro atoms. The number of fused-ring (bicyclic) bond motifs is 1. The standard InChI is InChI=1S/C27H26F2N4O2/c1-15-25(34-2)11-21-24(31-15)12-23(32-27(21)20-6-3-18(28)10-22(20)29)16-7-8-35-26(9-16)17-13-30-33(14-17)19-4-5-19/h3,6,10-14,16,19,26H,4-5,7-9H2,1-2H3/t16-,26+/m0/s1. The van der Waals surface area contributed by atoms with Gasteiger partial charge in [0.05, 0.1) is 42.4 Å². The van der Waals surface area contributed by atoms with Gasteiger partial charge in [-0.15, -0.1) is 0 Å². The third kappa shape index (κ3) is 4.16. The van der Waals surface area contributed by atoms with Crippen molar-refractivity contribution < 1.29 is 18.3 Å². The van der Waals surface area contributed by atoms with Gasteiger partial charge in [-0.2, -0.15) is 5.10 Å². The molecule has 6 nitrogen and oxygen atoms in total. The Hall–Kier alpha value is -3.39. The molecular formula is C27H26F2N4O2. The van der Waals surface area contributed by atoms with E-state index in [-0.39, 0.29) is 17.6 Å². The van der Waals surface area contributed by atoms with E-state index in [1.54, 1.807) is 7.11 Å². The van der Waals surface area contributed by atoms with Gasteiger partial charge in [-0.05, 0) is 56.9 Å². The molecular weight excluding hydrogens is 450 g/mol. The van der Waals surface area contributed by atoms with Crippen LogP contribution >= 0.6 is 0 Å². The van der Waals surface area contributed by atoms with E-state index in [2.05, 4.69) is 11.3 Å². The Morgan fingerprint density at radius 3 is 2.71 bits per heavy atom. The summed E-state index contributed by atoms with van der Waals surface area (Å²) in [6, 6.07) is 7.89. The van der Waals surface area contributed by atoms with Crippen LogP contribution in [0.15, 0.2) is 42.7 Å². The fraction of sp³-hybridized carbons (Fsp3) is 0.370. The summed E-state index contributed by atoms with van der Waals surface area (Å²) >= 11 is 0. The molecule has 6 rings (SSSR count). The van der Waals surface area contributed by atoms with Gasteiger partial charge in [0, 0.05) is 47.0 Å². The Bertz CT molecular complexity index is 1420. The van der Waals surface area contributed by atoms with Crippen LogP contribution in [0.1, 0.15) is 60.7 Å². The van der Waals surface area contributed by atoms with Gasteiger partial charge in [0.1, 0.15) is 17.4 Å². The normalized spacial score (nSPS) is 20.3. The molecule has 8 heteroatoms. The molecule has 1 aromatic carbocycles. The predicted molar refractivity (Wildman–Crippen MR) is 127 cm³/mol. The maximum atomic E-state index is 14.9. The lowest BCUT2D eigenvalue weighted by Gasteiger charge is -2.29. The largest absolute Gasteiger partial charge is 0.495 e. The zero-order valence-corrected chi connectivity index (χ0v) is 19.7. The van der Waals surface area contributed by atoms with Gasteiger partial charge in [0.15, 0.2) is 0 Å². The van der Waals surface area contributed by atoms with E-state index in [9.17, 15) is 8.78 Å². The van der Waals surface area contributed by atoms with Crippen molar-refractivity contribution in [2.45, 2.75) is 50.7 Å². The molecule has 0 N–H and O–H groups in total. The Morgan fingerprint density at radius 2 is 1.94 bits per heavy atom. The van der Waals surface area contributed by atoms with Gasteiger partial charge in [0.2, 0.25) is 0 Å². The molecule has 1 saturated carbocycles. The molecule has 2 aliphatic rings. The zero-order chi connectivity index (χ0) is 24.1. The second kappa shape index (κ2) is 8.68. The van der Waals surface area contributed by atoms with Crippen LogP contribution in [-0.2, 0) is 4.74 Å². The summed E-state index contributed by atoms with van der Waals surface area (Å²) in [5.74, 6) is -0.589. The molecule has 0 unspecified atom stereocenters. The van der Waals surface area contributed by atoms with Crippen molar-refractivity contribution in [3.05, 3.63) is 71.3 Å². The molecule has 3 aromatic heterocycles.